The van der Waals surface area contributed by atoms with Crippen LogP contribution >= 0.6 is 23.2 Å². The van der Waals surface area contributed by atoms with Gasteiger partial charge in [0.2, 0.25) is 5.95 Å². The zero-order chi connectivity index (χ0) is 20.2. The molecule has 0 saturated heterocycles. The smallest absolute Gasteiger partial charge is 0.259 e. The molecule has 1 N–H and O–H groups in total. The Bertz CT molecular complexity index is 1170. The number of hydrogen-bond donors (Lipinski definition) is 1. The summed E-state index contributed by atoms with van der Waals surface area (Å²) in [6.45, 7) is 0. The standard InChI is InChI=1S/C22H14Cl2N4O/c23-16-9-7-14(8-10-16)19-12-20(17-5-1-2-6-18(17)24)27-22(26-19)28-21(29)15-4-3-11-25-13-15/h1-13H,(H,26,27,28,29). The molecule has 2 aromatic carbocycles. The first-order valence-electron chi connectivity index (χ1n) is 8.71. The van der Waals surface area contributed by atoms with Gasteiger partial charge in [-0.05, 0) is 36.4 Å². The van der Waals surface area contributed by atoms with Crippen molar-refractivity contribution < 1.29 is 4.79 Å². The summed E-state index contributed by atoms with van der Waals surface area (Å²) in [6, 6.07) is 19.8. The van der Waals surface area contributed by atoms with Crippen LogP contribution in [0.1, 0.15) is 10.4 Å². The van der Waals surface area contributed by atoms with Gasteiger partial charge in [0.05, 0.1) is 17.0 Å². The number of pyridine rings is 1. The molecule has 0 aliphatic heterocycles. The Balaban J connectivity index is 1.79. The first-order valence-corrected chi connectivity index (χ1v) is 9.47. The van der Waals surface area contributed by atoms with E-state index in [9.17, 15) is 4.79 Å². The van der Waals surface area contributed by atoms with Crippen molar-refractivity contribution >= 4 is 35.1 Å². The molecule has 29 heavy (non-hydrogen) atoms. The van der Waals surface area contributed by atoms with Crippen LogP contribution < -0.4 is 5.32 Å². The molecule has 0 spiro atoms. The van der Waals surface area contributed by atoms with Crippen molar-refractivity contribution in [2.45, 2.75) is 0 Å². The van der Waals surface area contributed by atoms with Crippen LogP contribution in [0.25, 0.3) is 22.5 Å². The van der Waals surface area contributed by atoms with Crippen LogP contribution in [0.15, 0.2) is 79.1 Å². The second kappa shape index (κ2) is 8.39. The summed E-state index contributed by atoms with van der Waals surface area (Å²) in [4.78, 5) is 25.5. The molecule has 0 atom stereocenters. The van der Waals surface area contributed by atoms with Crippen LogP contribution in [0.4, 0.5) is 5.95 Å². The fraction of sp³-hybridized carbons (Fsp3) is 0. The van der Waals surface area contributed by atoms with Crippen LogP contribution in [-0.4, -0.2) is 20.9 Å². The summed E-state index contributed by atoms with van der Waals surface area (Å²) in [5, 5.41) is 3.92. The van der Waals surface area contributed by atoms with Gasteiger partial charge in [-0.2, -0.15) is 0 Å². The van der Waals surface area contributed by atoms with Gasteiger partial charge in [0.15, 0.2) is 0 Å². The molecule has 142 valence electrons. The molecule has 1 amide bonds. The zero-order valence-corrected chi connectivity index (χ0v) is 16.5. The number of anilines is 1. The topological polar surface area (TPSA) is 67.8 Å². The third-order valence-corrected chi connectivity index (χ3v) is 4.75. The molecule has 0 aliphatic rings. The van der Waals surface area contributed by atoms with E-state index in [2.05, 4.69) is 20.3 Å². The first kappa shape index (κ1) is 19.1. The number of hydrogen-bond acceptors (Lipinski definition) is 4. The number of benzene rings is 2. The number of carbonyl (C=O) groups is 1. The van der Waals surface area contributed by atoms with Gasteiger partial charge >= 0.3 is 0 Å². The van der Waals surface area contributed by atoms with Crippen molar-refractivity contribution in [3.8, 4) is 22.5 Å². The fourth-order valence-corrected chi connectivity index (χ4v) is 3.11. The minimum absolute atomic E-state index is 0.168. The molecular weight excluding hydrogens is 407 g/mol. The number of nitrogens with zero attached hydrogens (tertiary/aromatic N) is 3. The van der Waals surface area contributed by atoms with Crippen LogP contribution in [-0.2, 0) is 0 Å². The van der Waals surface area contributed by atoms with E-state index >= 15 is 0 Å². The Labute approximate surface area is 177 Å². The lowest BCUT2D eigenvalue weighted by Crippen LogP contribution is -2.15. The highest BCUT2D eigenvalue weighted by Gasteiger charge is 2.14. The fourth-order valence-electron chi connectivity index (χ4n) is 2.75. The van der Waals surface area contributed by atoms with Crippen molar-refractivity contribution in [1.29, 1.82) is 0 Å². The summed E-state index contributed by atoms with van der Waals surface area (Å²) >= 11 is 12.4. The van der Waals surface area contributed by atoms with Crippen molar-refractivity contribution in [2.24, 2.45) is 0 Å². The maximum atomic E-state index is 12.5. The molecule has 4 aromatic rings. The minimum Gasteiger partial charge on any atom is -0.290 e. The van der Waals surface area contributed by atoms with Crippen LogP contribution in [0.2, 0.25) is 10.0 Å². The highest BCUT2D eigenvalue weighted by atomic mass is 35.5. The molecule has 0 radical (unpaired) electrons. The third kappa shape index (κ3) is 4.42. The van der Waals surface area contributed by atoms with Crippen LogP contribution in [0, 0.1) is 0 Å². The molecule has 0 saturated carbocycles. The van der Waals surface area contributed by atoms with E-state index < -0.39 is 0 Å². The lowest BCUT2D eigenvalue weighted by molar-refractivity contribution is 0.102. The quantitative estimate of drug-likeness (QED) is 0.455. The number of aromatic nitrogens is 3. The largest absolute Gasteiger partial charge is 0.290 e. The second-order valence-corrected chi connectivity index (χ2v) is 6.99. The van der Waals surface area contributed by atoms with E-state index in [1.807, 2.05) is 36.4 Å². The van der Waals surface area contributed by atoms with Gasteiger partial charge in [-0.25, -0.2) is 9.97 Å². The molecule has 0 aliphatic carbocycles. The number of amides is 1. The van der Waals surface area contributed by atoms with Crippen molar-refractivity contribution in [3.05, 3.63) is 94.7 Å². The van der Waals surface area contributed by atoms with Crippen LogP contribution in [0.5, 0.6) is 0 Å². The molecule has 2 aromatic heterocycles. The van der Waals surface area contributed by atoms with Gasteiger partial charge < -0.3 is 0 Å². The molecule has 5 nitrogen and oxygen atoms in total. The summed E-state index contributed by atoms with van der Waals surface area (Å²) in [5.41, 5.74) is 3.21. The van der Waals surface area contributed by atoms with Gasteiger partial charge in [-0.15, -0.1) is 0 Å². The summed E-state index contributed by atoms with van der Waals surface area (Å²) < 4.78 is 0. The Morgan fingerprint density at radius 2 is 1.62 bits per heavy atom. The van der Waals surface area contributed by atoms with Gasteiger partial charge in [-0.3, -0.25) is 15.1 Å². The summed E-state index contributed by atoms with van der Waals surface area (Å²) in [6.07, 6.45) is 3.08. The number of nitrogens with one attached hydrogen (secondary N) is 1. The second-order valence-electron chi connectivity index (χ2n) is 6.14. The molecule has 7 heteroatoms. The van der Waals surface area contributed by atoms with E-state index in [4.69, 9.17) is 23.2 Å². The lowest BCUT2D eigenvalue weighted by Gasteiger charge is -2.11. The molecule has 0 bridgehead atoms. The van der Waals surface area contributed by atoms with E-state index in [0.29, 0.717) is 27.0 Å². The molecule has 4 rings (SSSR count). The number of carbonyl (C=O) groups excluding carboxylic acids is 1. The molecule has 2 heterocycles. The predicted octanol–water partition coefficient (Wildman–Crippen LogP) is 5.76. The Kier molecular flexibility index (Phi) is 5.51. The van der Waals surface area contributed by atoms with E-state index in [1.54, 1.807) is 36.5 Å². The third-order valence-electron chi connectivity index (χ3n) is 4.17. The van der Waals surface area contributed by atoms with Crippen molar-refractivity contribution in [1.82, 2.24) is 15.0 Å². The summed E-state index contributed by atoms with van der Waals surface area (Å²) in [7, 11) is 0. The molecule has 0 fully saturated rings. The minimum atomic E-state index is -0.350. The van der Waals surface area contributed by atoms with E-state index in [0.717, 1.165) is 11.1 Å². The maximum Gasteiger partial charge on any atom is 0.259 e. The summed E-state index contributed by atoms with van der Waals surface area (Å²) in [5.74, 6) is -0.183. The number of rotatable bonds is 4. The van der Waals surface area contributed by atoms with Gasteiger partial charge in [0.1, 0.15) is 0 Å². The maximum absolute atomic E-state index is 12.5. The SMILES string of the molecule is O=C(Nc1nc(-c2ccc(Cl)cc2)cc(-c2ccccc2Cl)n1)c1cccnc1. The highest BCUT2D eigenvalue weighted by molar-refractivity contribution is 6.33. The highest BCUT2D eigenvalue weighted by Crippen LogP contribution is 2.30. The van der Waals surface area contributed by atoms with Crippen molar-refractivity contribution in [2.75, 3.05) is 5.32 Å². The average Bonchev–Trinajstić information content (AvgIpc) is 2.75. The average molecular weight is 421 g/mol. The Morgan fingerprint density at radius 3 is 2.34 bits per heavy atom. The molecular formula is C22H14Cl2N4O. The predicted molar refractivity (Wildman–Crippen MR) is 115 cm³/mol. The normalized spacial score (nSPS) is 10.6. The monoisotopic (exact) mass is 420 g/mol. The lowest BCUT2D eigenvalue weighted by atomic mass is 10.1. The van der Waals surface area contributed by atoms with Crippen molar-refractivity contribution in [3.63, 3.8) is 0 Å². The Morgan fingerprint density at radius 1 is 0.862 bits per heavy atom. The number of halogens is 2. The first-order chi connectivity index (χ1) is 14.1. The van der Waals surface area contributed by atoms with E-state index in [-0.39, 0.29) is 11.9 Å². The zero-order valence-electron chi connectivity index (χ0n) is 15.0. The van der Waals surface area contributed by atoms with Gasteiger partial charge in [0, 0.05) is 33.6 Å². The van der Waals surface area contributed by atoms with Gasteiger partial charge in [0.25, 0.3) is 5.91 Å². The van der Waals surface area contributed by atoms with Gasteiger partial charge in [-0.1, -0.05) is 53.5 Å². The molecule has 0 unspecified atom stereocenters. The van der Waals surface area contributed by atoms with E-state index in [1.165, 1.54) is 6.20 Å². The Hall–Kier alpha value is -3.28. The van der Waals surface area contributed by atoms with Crippen LogP contribution in [0.3, 0.4) is 0 Å².